The minimum absolute atomic E-state index is 0.177. The Morgan fingerprint density at radius 3 is 2.48 bits per heavy atom. The third-order valence-electron chi connectivity index (χ3n) is 6.34. The van der Waals surface area contributed by atoms with Crippen molar-refractivity contribution in [2.45, 2.75) is 19.6 Å². The second-order valence-electron chi connectivity index (χ2n) is 9.31. The Kier molecular flexibility index (Phi) is 8.27. The Bertz CT molecular complexity index is 1610. The van der Waals surface area contributed by atoms with Crippen molar-refractivity contribution >= 4 is 29.7 Å². The summed E-state index contributed by atoms with van der Waals surface area (Å²) in [5.74, 6) is -1.19. The van der Waals surface area contributed by atoms with Crippen LogP contribution < -0.4 is 26.8 Å². The van der Waals surface area contributed by atoms with Crippen LogP contribution >= 0.6 is 0 Å². The van der Waals surface area contributed by atoms with Crippen molar-refractivity contribution < 1.29 is 23.5 Å². The molecule has 2 heterocycles. The number of aryl methyl sites for hydroxylation is 1. The van der Waals surface area contributed by atoms with Crippen LogP contribution in [0.5, 0.6) is 0 Å². The maximum atomic E-state index is 15.0. The van der Waals surface area contributed by atoms with E-state index in [1.54, 1.807) is 36.4 Å². The molecule has 208 valence electrons. The molecule has 2 N–H and O–H groups in total. The first-order chi connectivity index (χ1) is 19.0. The molecule has 0 spiro atoms. The van der Waals surface area contributed by atoms with Crippen LogP contribution in [0.15, 0.2) is 64.3 Å². The number of amides is 3. The minimum Gasteiger partial charge on any atom is -0.442 e. The third-order valence-corrected chi connectivity index (χ3v) is 6.34. The second kappa shape index (κ2) is 11.8. The Morgan fingerprint density at radius 1 is 1.07 bits per heavy atom. The first-order valence-corrected chi connectivity index (χ1v) is 12.4. The number of benzene rings is 2. The van der Waals surface area contributed by atoms with Crippen LogP contribution in [0.3, 0.4) is 0 Å². The highest BCUT2D eigenvalue weighted by Gasteiger charge is 2.32. The molecule has 0 aliphatic carbocycles. The molecule has 1 saturated heterocycles. The summed E-state index contributed by atoms with van der Waals surface area (Å²) in [6.45, 7) is 1.94. The summed E-state index contributed by atoms with van der Waals surface area (Å²) in [5.41, 5.74) is 1.29. The number of cyclic esters (lactones) is 1. The summed E-state index contributed by atoms with van der Waals surface area (Å²) in [5, 5.41) is 5.31. The van der Waals surface area contributed by atoms with Crippen LogP contribution in [0.4, 0.5) is 14.9 Å². The average Bonchev–Trinajstić information content (AvgIpc) is 3.31. The predicted molar refractivity (Wildman–Crippen MR) is 146 cm³/mol. The maximum Gasteiger partial charge on any atom is 0.414 e. The largest absolute Gasteiger partial charge is 0.442 e. The van der Waals surface area contributed by atoms with E-state index in [9.17, 15) is 24.0 Å². The molecule has 4 rings (SSSR count). The van der Waals surface area contributed by atoms with Gasteiger partial charge < -0.3 is 19.9 Å². The lowest BCUT2D eigenvalue weighted by Gasteiger charge is -2.15. The van der Waals surface area contributed by atoms with Gasteiger partial charge in [-0.25, -0.2) is 14.0 Å². The Morgan fingerprint density at radius 2 is 1.80 bits per heavy atom. The van der Waals surface area contributed by atoms with Crippen molar-refractivity contribution in [1.29, 1.82) is 0 Å². The van der Waals surface area contributed by atoms with Gasteiger partial charge in [0, 0.05) is 45.4 Å². The van der Waals surface area contributed by atoms with Gasteiger partial charge in [0.2, 0.25) is 11.8 Å². The van der Waals surface area contributed by atoms with E-state index < -0.39 is 35.2 Å². The molecule has 0 radical (unpaired) electrons. The van der Waals surface area contributed by atoms with E-state index >= 15 is 4.39 Å². The molecular formula is C28H28FN5O6. The van der Waals surface area contributed by atoms with E-state index in [4.69, 9.17) is 4.74 Å². The summed E-state index contributed by atoms with van der Waals surface area (Å²) in [4.78, 5) is 60.8. The van der Waals surface area contributed by atoms with E-state index in [-0.39, 0.29) is 31.1 Å². The Balaban J connectivity index is 1.36. The molecule has 3 aromatic rings. The van der Waals surface area contributed by atoms with Gasteiger partial charge >= 0.3 is 11.8 Å². The number of carbonyl (C=O) groups excluding carboxylic acids is 3. The SMILES string of the molecule is CC(=O)NC[C@H]1CN(c2ccc(-c3ccc(CNC(=O)C=Cc4cn(C)c(=O)n(C)c4=O)cc3)c(F)c2)C(=O)O1. The van der Waals surface area contributed by atoms with E-state index in [2.05, 4.69) is 10.6 Å². The van der Waals surface area contributed by atoms with E-state index in [1.165, 1.54) is 54.9 Å². The van der Waals surface area contributed by atoms with Gasteiger partial charge in [-0.05, 0) is 35.4 Å². The molecule has 1 aliphatic heterocycles. The third kappa shape index (κ3) is 6.34. The van der Waals surface area contributed by atoms with Crippen molar-refractivity contribution in [2.24, 2.45) is 14.1 Å². The van der Waals surface area contributed by atoms with Crippen molar-refractivity contribution in [1.82, 2.24) is 19.8 Å². The predicted octanol–water partition coefficient (Wildman–Crippen LogP) is 1.68. The van der Waals surface area contributed by atoms with E-state index in [0.29, 0.717) is 16.8 Å². The molecule has 40 heavy (non-hydrogen) atoms. The van der Waals surface area contributed by atoms with Gasteiger partial charge in [0.25, 0.3) is 5.56 Å². The zero-order chi connectivity index (χ0) is 29.0. The van der Waals surface area contributed by atoms with Gasteiger partial charge in [0.15, 0.2) is 0 Å². The highest BCUT2D eigenvalue weighted by molar-refractivity contribution is 5.91. The topological polar surface area (TPSA) is 132 Å². The number of nitrogens with one attached hydrogen (secondary N) is 2. The number of anilines is 1. The zero-order valence-electron chi connectivity index (χ0n) is 22.1. The smallest absolute Gasteiger partial charge is 0.414 e. The van der Waals surface area contributed by atoms with E-state index in [1.807, 2.05) is 0 Å². The van der Waals surface area contributed by atoms with Gasteiger partial charge in [-0.1, -0.05) is 24.3 Å². The Hall–Kier alpha value is -5.00. The van der Waals surface area contributed by atoms with Gasteiger partial charge in [0.05, 0.1) is 24.3 Å². The maximum absolute atomic E-state index is 15.0. The summed E-state index contributed by atoms with van der Waals surface area (Å²) in [7, 11) is 2.88. The first-order valence-electron chi connectivity index (χ1n) is 12.4. The molecule has 11 nitrogen and oxygen atoms in total. The molecule has 3 amide bonds. The fourth-order valence-electron chi connectivity index (χ4n) is 4.17. The van der Waals surface area contributed by atoms with Crippen LogP contribution in [0.1, 0.15) is 18.1 Å². The van der Waals surface area contributed by atoms with Crippen LogP contribution in [0.2, 0.25) is 0 Å². The van der Waals surface area contributed by atoms with Crippen molar-refractivity contribution in [2.75, 3.05) is 18.0 Å². The molecule has 1 aliphatic rings. The quantitative estimate of drug-likeness (QED) is 0.411. The lowest BCUT2D eigenvalue weighted by Crippen LogP contribution is -2.37. The number of hydrogen-bond donors (Lipinski definition) is 2. The van der Waals surface area contributed by atoms with Crippen LogP contribution in [0, 0.1) is 5.82 Å². The number of rotatable bonds is 8. The van der Waals surface area contributed by atoms with Crippen molar-refractivity contribution in [3.63, 3.8) is 0 Å². The lowest BCUT2D eigenvalue weighted by atomic mass is 10.0. The molecule has 1 fully saturated rings. The summed E-state index contributed by atoms with van der Waals surface area (Å²) in [6.07, 6.45) is 2.78. The monoisotopic (exact) mass is 549 g/mol. The van der Waals surface area contributed by atoms with Crippen molar-refractivity contribution in [3.8, 4) is 11.1 Å². The van der Waals surface area contributed by atoms with Gasteiger partial charge in [-0.3, -0.25) is 23.9 Å². The number of nitrogens with zero attached hydrogens (tertiary/aromatic N) is 3. The lowest BCUT2D eigenvalue weighted by molar-refractivity contribution is -0.119. The summed E-state index contributed by atoms with van der Waals surface area (Å²) < 4.78 is 22.4. The normalized spacial score (nSPS) is 14.8. The summed E-state index contributed by atoms with van der Waals surface area (Å²) in [6, 6.07) is 11.4. The van der Waals surface area contributed by atoms with Gasteiger partial charge in [-0.2, -0.15) is 0 Å². The van der Waals surface area contributed by atoms with Gasteiger partial charge in [0.1, 0.15) is 11.9 Å². The van der Waals surface area contributed by atoms with Crippen LogP contribution in [0.25, 0.3) is 17.2 Å². The summed E-state index contributed by atoms with van der Waals surface area (Å²) >= 11 is 0. The average molecular weight is 550 g/mol. The Labute approximate surface area is 228 Å². The highest BCUT2D eigenvalue weighted by Crippen LogP contribution is 2.29. The standard InChI is InChI=1S/C28H28FN5O6/c1-17(35)30-14-22-16-34(28(39)40-22)21-9-10-23(24(29)12-21)19-6-4-18(5-7-19)13-31-25(36)11-8-20-15-32(2)27(38)33(3)26(20)37/h4-12,15,22H,13-14,16H2,1-3H3,(H,30,35)(H,31,36)/t22-/m0/s1. The van der Waals surface area contributed by atoms with Crippen LogP contribution in [-0.2, 0) is 35.0 Å². The number of halogens is 1. The fraction of sp³-hybridized carbons (Fsp3) is 0.250. The number of carbonyl (C=O) groups is 3. The van der Waals surface area contributed by atoms with Gasteiger partial charge in [-0.15, -0.1) is 0 Å². The molecule has 1 aromatic heterocycles. The molecule has 0 bridgehead atoms. The number of aromatic nitrogens is 2. The first kappa shape index (κ1) is 28.0. The molecule has 2 aromatic carbocycles. The van der Waals surface area contributed by atoms with Crippen molar-refractivity contribution in [3.05, 3.63) is 92.5 Å². The van der Waals surface area contributed by atoms with Crippen LogP contribution in [-0.4, -0.2) is 46.2 Å². The molecular weight excluding hydrogens is 521 g/mol. The molecule has 0 saturated carbocycles. The zero-order valence-corrected chi connectivity index (χ0v) is 22.1. The molecule has 1 atom stereocenters. The second-order valence-corrected chi connectivity index (χ2v) is 9.31. The minimum atomic E-state index is -0.611. The number of hydrogen-bond acceptors (Lipinski definition) is 6. The highest BCUT2D eigenvalue weighted by atomic mass is 19.1. The van der Waals surface area contributed by atoms with E-state index in [0.717, 1.165) is 10.1 Å². The molecule has 0 unspecified atom stereocenters. The fourth-order valence-corrected chi connectivity index (χ4v) is 4.17. The molecule has 12 heteroatoms. The number of ether oxygens (including phenoxy) is 1.